The lowest BCUT2D eigenvalue weighted by Gasteiger charge is -2.24. The number of piperazine rings is 1. The van der Waals surface area contributed by atoms with E-state index in [1.807, 2.05) is 25.5 Å². The molecule has 0 aromatic rings. The van der Waals surface area contributed by atoms with Crippen LogP contribution in [0.15, 0.2) is 17.3 Å². The highest BCUT2D eigenvalue weighted by molar-refractivity contribution is 5.55. The summed E-state index contributed by atoms with van der Waals surface area (Å²) in [5.74, 6) is 0. The number of nitrogens with one attached hydrogen (secondary N) is 1. The van der Waals surface area contributed by atoms with E-state index in [1.165, 1.54) is 0 Å². The maximum Gasteiger partial charge on any atom is 0.0905 e. The number of rotatable bonds is 2. The quantitative estimate of drug-likeness (QED) is 0.461. The summed E-state index contributed by atoms with van der Waals surface area (Å²) in [6.07, 6.45) is 5.64. The summed E-state index contributed by atoms with van der Waals surface area (Å²) in [5, 5.41) is 3.28. The van der Waals surface area contributed by atoms with Gasteiger partial charge in [0.1, 0.15) is 0 Å². The van der Waals surface area contributed by atoms with Gasteiger partial charge in [0.2, 0.25) is 0 Å². The molecular weight excluding hydrogens is 138 g/mol. The van der Waals surface area contributed by atoms with Crippen LogP contribution in [0.1, 0.15) is 6.92 Å². The number of hydrogen-bond acceptors (Lipinski definition) is 2. The third-order valence-corrected chi connectivity index (χ3v) is 1.62. The highest BCUT2D eigenvalue weighted by atomic mass is 15.2. The first-order chi connectivity index (χ1) is 5.43. The van der Waals surface area contributed by atoms with Crippen molar-refractivity contribution in [2.24, 2.45) is 4.99 Å². The summed E-state index contributed by atoms with van der Waals surface area (Å²) < 4.78 is 0. The number of nitrogens with zero attached hydrogens (tertiary/aromatic N) is 2. The fraction of sp³-hybridized carbons (Fsp3) is 0.625. The summed E-state index contributed by atoms with van der Waals surface area (Å²) in [7, 11) is 0. The van der Waals surface area contributed by atoms with Crippen LogP contribution >= 0.6 is 0 Å². The SMILES string of the molecule is C/C=C/N=C/N1CCNCC1. The lowest BCUT2D eigenvalue weighted by Crippen LogP contribution is -2.42. The van der Waals surface area contributed by atoms with Crippen molar-refractivity contribution in [1.29, 1.82) is 0 Å². The van der Waals surface area contributed by atoms with E-state index in [0.29, 0.717) is 0 Å². The Morgan fingerprint density at radius 1 is 1.36 bits per heavy atom. The van der Waals surface area contributed by atoms with E-state index in [0.717, 1.165) is 26.2 Å². The van der Waals surface area contributed by atoms with Crippen LogP contribution in [0.5, 0.6) is 0 Å². The Hall–Kier alpha value is -0.830. The third-order valence-electron chi connectivity index (χ3n) is 1.62. The molecule has 0 radical (unpaired) electrons. The molecule has 0 aromatic carbocycles. The Morgan fingerprint density at radius 3 is 2.73 bits per heavy atom. The van der Waals surface area contributed by atoms with E-state index in [1.54, 1.807) is 0 Å². The smallest absolute Gasteiger partial charge is 0.0905 e. The van der Waals surface area contributed by atoms with Crippen LogP contribution < -0.4 is 5.32 Å². The van der Waals surface area contributed by atoms with Gasteiger partial charge in [-0.3, -0.25) is 0 Å². The van der Waals surface area contributed by atoms with Gasteiger partial charge in [-0.25, -0.2) is 4.99 Å². The molecule has 1 N–H and O–H groups in total. The molecule has 3 nitrogen and oxygen atoms in total. The Morgan fingerprint density at radius 2 is 2.09 bits per heavy atom. The van der Waals surface area contributed by atoms with Gasteiger partial charge in [-0.05, 0) is 6.92 Å². The molecule has 0 bridgehead atoms. The molecule has 11 heavy (non-hydrogen) atoms. The van der Waals surface area contributed by atoms with Gasteiger partial charge in [0.15, 0.2) is 0 Å². The van der Waals surface area contributed by atoms with Crippen LogP contribution in [-0.2, 0) is 0 Å². The summed E-state index contributed by atoms with van der Waals surface area (Å²) >= 11 is 0. The van der Waals surface area contributed by atoms with E-state index in [2.05, 4.69) is 15.2 Å². The zero-order valence-electron chi connectivity index (χ0n) is 6.95. The Labute approximate surface area is 67.8 Å². The fourth-order valence-corrected chi connectivity index (χ4v) is 1.02. The van der Waals surface area contributed by atoms with Crippen LogP contribution in [0.4, 0.5) is 0 Å². The Kier molecular flexibility index (Phi) is 3.69. The standard InChI is InChI=1S/C8H15N3/c1-2-3-10-8-11-6-4-9-5-7-11/h2-3,8-9H,4-7H2,1H3/b3-2+,10-8+. The predicted molar refractivity (Wildman–Crippen MR) is 47.7 cm³/mol. The lowest BCUT2D eigenvalue weighted by atomic mass is 10.4. The molecule has 3 heteroatoms. The summed E-state index contributed by atoms with van der Waals surface area (Å²) in [5.41, 5.74) is 0. The third kappa shape index (κ3) is 3.18. The van der Waals surface area contributed by atoms with Crippen LogP contribution in [-0.4, -0.2) is 37.4 Å². The monoisotopic (exact) mass is 153 g/mol. The highest BCUT2D eigenvalue weighted by Crippen LogP contribution is 1.87. The molecule has 62 valence electrons. The number of hydrogen-bond donors (Lipinski definition) is 1. The zero-order valence-corrected chi connectivity index (χ0v) is 6.95. The molecule has 0 aromatic heterocycles. The number of aliphatic imine (C=N–C) groups is 1. The molecular formula is C8H15N3. The maximum absolute atomic E-state index is 4.11. The predicted octanol–water partition coefficient (Wildman–Crippen LogP) is 0.454. The second kappa shape index (κ2) is 4.91. The van der Waals surface area contributed by atoms with Crippen LogP contribution in [0.2, 0.25) is 0 Å². The highest BCUT2D eigenvalue weighted by Gasteiger charge is 2.03. The fourth-order valence-electron chi connectivity index (χ4n) is 1.02. The van der Waals surface area contributed by atoms with Crippen LogP contribution in [0.3, 0.4) is 0 Å². The first-order valence-electron chi connectivity index (χ1n) is 4.02. The van der Waals surface area contributed by atoms with Crippen molar-refractivity contribution >= 4 is 6.34 Å². The average Bonchev–Trinajstić information content (AvgIpc) is 2.07. The van der Waals surface area contributed by atoms with E-state index in [-0.39, 0.29) is 0 Å². The van der Waals surface area contributed by atoms with Crippen molar-refractivity contribution in [3.8, 4) is 0 Å². The molecule has 0 amide bonds. The largest absolute Gasteiger partial charge is 0.360 e. The second-order valence-corrected chi connectivity index (χ2v) is 2.53. The molecule has 0 unspecified atom stereocenters. The minimum absolute atomic E-state index is 1.07. The topological polar surface area (TPSA) is 27.6 Å². The van der Waals surface area contributed by atoms with Gasteiger partial charge in [0.05, 0.1) is 6.34 Å². The average molecular weight is 153 g/mol. The van der Waals surface area contributed by atoms with Gasteiger partial charge in [-0.15, -0.1) is 0 Å². The minimum atomic E-state index is 1.07. The summed E-state index contributed by atoms with van der Waals surface area (Å²) in [6, 6.07) is 0. The lowest BCUT2D eigenvalue weighted by molar-refractivity contribution is 0.366. The molecule has 0 spiro atoms. The summed E-state index contributed by atoms with van der Waals surface area (Å²) in [4.78, 5) is 6.32. The van der Waals surface area contributed by atoms with E-state index in [4.69, 9.17) is 0 Å². The Balaban J connectivity index is 2.23. The molecule has 1 aliphatic rings. The van der Waals surface area contributed by atoms with Gasteiger partial charge < -0.3 is 10.2 Å². The normalized spacial score (nSPS) is 20.3. The van der Waals surface area contributed by atoms with Gasteiger partial charge in [-0.1, -0.05) is 6.08 Å². The van der Waals surface area contributed by atoms with Crippen molar-refractivity contribution in [1.82, 2.24) is 10.2 Å². The van der Waals surface area contributed by atoms with Gasteiger partial charge in [0, 0.05) is 32.4 Å². The van der Waals surface area contributed by atoms with Gasteiger partial charge in [-0.2, -0.15) is 0 Å². The number of allylic oxidation sites excluding steroid dienone is 1. The zero-order chi connectivity index (χ0) is 7.94. The van der Waals surface area contributed by atoms with Crippen molar-refractivity contribution in [3.63, 3.8) is 0 Å². The molecule has 1 aliphatic heterocycles. The Bertz CT molecular complexity index is 145. The van der Waals surface area contributed by atoms with Crippen molar-refractivity contribution < 1.29 is 0 Å². The van der Waals surface area contributed by atoms with Crippen molar-refractivity contribution in [2.45, 2.75) is 6.92 Å². The van der Waals surface area contributed by atoms with E-state index >= 15 is 0 Å². The molecule has 1 heterocycles. The molecule has 1 saturated heterocycles. The minimum Gasteiger partial charge on any atom is -0.360 e. The second-order valence-electron chi connectivity index (χ2n) is 2.53. The van der Waals surface area contributed by atoms with Crippen LogP contribution in [0.25, 0.3) is 0 Å². The molecule has 1 fully saturated rings. The molecule has 0 atom stereocenters. The summed E-state index contributed by atoms with van der Waals surface area (Å²) in [6.45, 7) is 6.25. The van der Waals surface area contributed by atoms with Crippen LogP contribution in [0, 0.1) is 0 Å². The molecule has 0 saturated carbocycles. The first-order valence-corrected chi connectivity index (χ1v) is 4.02. The maximum atomic E-state index is 4.11. The van der Waals surface area contributed by atoms with Gasteiger partial charge in [0.25, 0.3) is 0 Å². The van der Waals surface area contributed by atoms with Crippen molar-refractivity contribution in [2.75, 3.05) is 26.2 Å². The first kappa shape index (κ1) is 8.27. The molecule has 0 aliphatic carbocycles. The van der Waals surface area contributed by atoms with E-state index in [9.17, 15) is 0 Å². The van der Waals surface area contributed by atoms with Gasteiger partial charge >= 0.3 is 0 Å². The molecule has 1 rings (SSSR count). The van der Waals surface area contributed by atoms with E-state index < -0.39 is 0 Å². The van der Waals surface area contributed by atoms with Crippen molar-refractivity contribution in [3.05, 3.63) is 12.3 Å².